The third kappa shape index (κ3) is 3.15. The molecule has 3 aliphatic rings. The van der Waals surface area contributed by atoms with Crippen LogP contribution < -0.4 is 10.1 Å². The Kier molecular flexibility index (Phi) is 4.33. The fourth-order valence-corrected chi connectivity index (χ4v) is 3.23. The van der Waals surface area contributed by atoms with E-state index in [9.17, 15) is 4.79 Å². The molecule has 4 rings (SSSR count). The molecule has 3 saturated heterocycles. The molecule has 5 nitrogen and oxygen atoms in total. The minimum atomic E-state index is -0.0809. The van der Waals surface area contributed by atoms with Gasteiger partial charge in [0.1, 0.15) is 5.75 Å². The number of rotatable bonds is 4. The van der Waals surface area contributed by atoms with E-state index in [2.05, 4.69) is 15.1 Å². The van der Waals surface area contributed by atoms with Crippen LogP contribution in [0.15, 0.2) is 18.2 Å². The number of methoxy groups -OCH3 is 1. The van der Waals surface area contributed by atoms with Crippen LogP contribution in [-0.2, 0) is 0 Å². The zero-order valence-corrected chi connectivity index (χ0v) is 12.9. The molecule has 1 amide bonds. The van der Waals surface area contributed by atoms with Crippen molar-refractivity contribution in [1.29, 1.82) is 0 Å². The first kappa shape index (κ1) is 14.6. The number of hydrogen-bond acceptors (Lipinski definition) is 4. The molecule has 3 aliphatic heterocycles. The van der Waals surface area contributed by atoms with Crippen molar-refractivity contribution < 1.29 is 9.53 Å². The van der Waals surface area contributed by atoms with Crippen LogP contribution in [0.25, 0.3) is 0 Å². The van der Waals surface area contributed by atoms with Crippen molar-refractivity contribution in [2.45, 2.75) is 6.04 Å². The Hall–Kier alpha value is -1.30. The van der Waals surface area contributed by atoms with Crippen molar-refractivity contribution in [2.75, 3.05) is 46.4 Å². The molecule has 3 heterocycles. The van der Waals surface area contributed by atoms with Gasteiger partial charge >= 0.3 is 0 Å². The molecule has 1 aromatic carbocycles. The SMILES string of the molecule is COc1cc(C(=O)NC[C@@H]2CN3CCN2CC3)ccc1Cl. The molecule has 0 spiro atoms. The lowest BCUT2D eigenvalue weighted by Gasteiger charge is -2.47. The van der Waals surface area contributed by atoms with Gasteiger partial charge in [0.2, 0.25) is 0 Å². The molecule has 3 fully saturated rings. The van der Waals surface area contributed by atoms with E-state index in [1.54, 1.807) is 25.3 Å². The third-order valence-corrected chi connectivity index (χ3v) is 4.62. The number of fused-ring (bicyclic) bond motifs is 3. The van der Waals surface area contributed by atoms with Crippen molar-refractivity contribution in [2.24, 2.45) is 0 Å². The van der Waals surface area contributed by atoms with Crippen LogP contribution in [0.1, 0.15) is 10.4 Å². The van der Waals surface area contributed by atoms with Crippen molar-refractivity contribution in [3.8, 4) is 5.75 Å². The Morgan fingerprint density at radius 2 is 2.14 bits per heavy atom. The maximum Gasteiger partial charge on any atom is 0.251 e. The number of piperazine rings is 3. The molecule has 0 aliphatic carbocycles. The van der Waals surface area contributed by atoms with Gasteiger partial charge in [0.25, 0.3) is 5.91 Å². The van der Waals surface area contributed by atoms with Gasteiger partial charge in [-0.1, -0.05) is 11.6 Å². The lowest BCUT2D eigenvalue weighted by Crippen LogP contribution is -2.63. The Bertz CT molecular complexity index is 530. The molecule has 0 radical (unpaired) electrons. The van der Waals surface area contributed by atoms with Gasteiger partial charge in [0.15, 0.2) is 0 Å². The van der Waals surface area contributed by atoms with Gasteiger partial charge in [0.05, 0.1) is 12.1 Å². The van der Waals surface area contributed by atoms with Gasteiger partial charge in [0, 0.05) is 50.9 Å². The lowest BCUT2D eigenvalue weighted by molar-refractivity contribution is 0.0138. The van der Waals surface area contributed by atoms with Gasteiger partial charge in [-0.3, -0.25) is 14.6 Å². The number of hydrogen-bond donors (Lipinski definition) is 1. The van der Waals surface area contributed by atoms with Gasteiger partial charge in [-0.15, -0.1) is 0 Å². The molecular formula is C15H20ClN3O2. The van der Waals surface area contributed by atoms with Crippen LogP contribution in [0, 0.1) is 0 Å². The summed E-state index contributed by atoms with van der Waals surface area (Å²) in [6.07, 6.45) is 0. The highest BCUT2D eigenvalue weighted by Crippen LogP contribution is 2.25. The van der Waals surface area contributed by atoms with Crippen molar-refractivity contribution in [3.63, 3.8) is 0 Å². The summed E-state index contributed by atoms with van der Waals surface area (Å²) in [4.78, 5) is 17.2. The first-order valence-electron chi connectivity index (χ1n) is 7.25. The van der Waals surface area contributed by atoms with Crippen molar-refractivity contribution in [1.82, 2.24) is 15.1 Å². The average molecular weight is 310 g/mol. The summed E-state index contributed by atoms with van der Waals surface area (Å²) >= 11 is 5.97. The maximum atomic E-state index is 12.2. The third-order valence-electron chi connectivity index (χ3n) is 4.30. The number of nitrogens with zero attached hydrogens (tertiary/aromatic N) is 2. The second-order valence-electron chi connectivity index (χ2n) is 5.55. The monoisotopic (exact) mass is 309 g/mol. The summed E-state index contributed by atoms with van der Waals surface area (Å²) in [7, 11) is 1.55. The Labute approximate surface area is 129 Å². The highest BCUT2D eigenvalue weighted by molar-refractivity contribution is 6.32. The standard InChI is InChI=1S/C15H20ClN3O2/c1-21-14-8-11(2-3-13(14)16)15(20)17-9-12-10-18-4-6-19(12)7-5-18/h2-3,8,12H,4-7,9-10H2,1H3,(H,17,20)/t12-/m1/s1. The van der Waals surface area contributed by atoms with E-state index in [0.29, 0.717) is 28.9 Å². The summed E-state index contributed by atoms with van der Waals surface area (Å²) in [6.45, 7) is 6.24. The van der Waals surface area contributed by atoms with E-state index in [0.717, 1.165) is 32.7 Å². The number of benzene rings is 1. The fraction of sp³-hybridized carbons (Fsp3) is 0.533. The van der Waals surface area contributed by atoms with E-state index in [-0.39, 0.29) is 5.91 Å². The molecule has 1 aromatic rings. The second-order valence-corrected chi connectivity index (χ2v) is 5.96. The zero-order valence-electron chi connectivity index (χ0n) is 12.1. The number of amides is 1. The summed E-state index contributed by atoms with van der Waals surface area (Å²) < 4.78 is 5.14. The summed E-state index contributed by atoms with van der Waals surface area (Å²) in [5.41, 5.74) is 0.576. The molecule has 1 N–H and O–H groups in total. The quantitative estimate of drug-likeness (QED) is 0.904. The first-order chi connectivity index (χ1) is 10.2. The number of nitrogens with one attached hydrogen (secondary N) is 1. The fourth-order valence-electron chi connectivity index (χ4n) is 3.03. The maximum absolute atomic E-state index is 12.2. The second kappa shape index (κ2) is 6.22. The van der Waals surface area contributed by atoms with Crippen LogP contribution in [0.3, 0.4) is 0 Å². The average Bonchev–Trinajstić information content (AvgIpc) is 2.54. The molecule has 0 aromatic heterocycles. The van der Waals surface area contributed by atoms with Crippen LogP contribution in [0.4, 0.5) is 0 Å². The van der Waals surface area contributed by atoms with Crippen LogP contribution in [-0.4, -0.2) is 68.1 Å². The number of ether oxygens (including phenoxy) is 1. The van der Waals surface area contributed by atoms with E-state index >= 15 is 0 Å². The normalized spacial score (nSPS) is 27.4. The minimum absolute atomic E-state index is 0.0809. The zero-order chi connectivity index (χ0) is 14.8. The summed E-state index contributed by atoms with van der Waals surface area (Å²) in [5, 5.41) is 3.53. The highest BCUT2D eigenvalue weighted by Gasteiger charge is 2.31. The molecular weight excluding hydrogens is 290 g/mol. The predicted octanol–water partition coefficient (Wildman–Crippen LogP) is 1.08. The Morgan fingerprint density at radius 1 is 1.38 bits per heavy atom. The largest absolute Gasteiger partial charge is 0.495 e. The van der Waals surface area contributed by atoms with Crippen LogP contribution in [0.2, 0.25) is 5.02 Å². The lowest BCUT2D eigenvalue weighted by atomic mass is 10.1. The molecule has 6 heteroatoms. The molecule has 21 heavy (non-hydrogen) atoms. The van der Waals surface area contributed by atoms with E-state index < -0.39 is 0 Å². The smallest absolute Gasteiger partial charge is 0.251 e. The molecule has 0 unspecified atom stereocenters. The number of carbonyl (C=O) groups excluding carboxylic acids is 1. The highest BCUT2D eigenvalue weighted by atomic mass is 35.5. The van der Waals surface area contributed by atoms with Gasteiger partial charge in [-0.2, -0.15) is 0 Å². The number of halogens is 1. The molecule has 0 saturated carbocycles. The van der Waals surface area contributed by atoms with Gasteiger partial charge in [-0.25, -0.2) is 0 Å². The minimum Gasteiger partial charge on any atom is -0.495 e. The van der Waals surface area contributed by atoms with Crippen LogP contribution >= 0.6 is 11.6 Å². The van der Waals surface area contributed by atoms with Gasteiger partial charge < -0.3 is 10.1 Å². The van der Waals surface area contributed by atoms with Crippen LogP contribution in [0.5, 0.6) is 5.75 Å². The predicted molar refractivity (Wildman–Crippen MR) is 82.1 cm³/mol. The van der Waals surface area contributed by atoms with Gasteiger partial charge in [-0.05, 0) is 18.2 Å². The summed E-state index contributed by atoms with van der Waals surface area (Å²) in [5.74, 6) is 0.443. The Morgan fingerprint density at radius 3 is 2.76 bits per heavy atom. The van der Waals surface area contributed by atoms with Crippen molar-refractivity contribution >= 4 is 17.5 Å². The molecule has 114 valence electrons. The summed E-state index contributed by atoms with van der Waals surface area (Å²) in [6, 6.07) is 5.50. The number of carbonyl (C=O) groups is 1. The van der Waals surface area contributed by atoms with E-state index in [1.807, 2.05) is 0 Å². The van der Waals surface area contributed by atoms with E-state index in [4.69, 9.17) is 16.3 Å². The molecule has 1 atom stereocenters. The van der Waals surface area contributed by atoms with Crippen molar-refractivity contribution in [3.05, 3.63) is 28.8 Å². The molecule has 2 bridgehead atoms. The topological polar surface area (TPSA) is 44.8 Å². The van der Waals surface area contributed by atoms with E-state index in [1.165, 1.54) is 0 Å². The first-order valence-corrected chi connectivity index (χ1v) is 7.63. The Balaban J connectivity index is 1.59.